The van der Waals surface area contributed by atoms with Gasteiger partial charge in [-0.05, 0) is 0 Å². The zero-order chi connectivity index (χ0) is 4.12. The largest absolute Gasteiger partial charge is 0.317 e. The number of rotatable bonds is 2. The highest BCUT2D eigenvalue weighted by molar-refractivity contribution is 4.65. The maximum Gasteiger partial charge on any atom is 0.0385 e. The summed E-state index contributed by atoms with van der Waals surface area (Å²) in [5.41, 5.74) is 1.90. The van der Waals surface area contributed by atoms with Crippen LogP contribution >= 0.6 is 0 Å². The molecule has 3 nitrogen and oxygen atoms in total. The topological polar surface area (TPSA) is 60.8 Å². The SMILES string of the molecule is C=CCNO.[O]. The van der Waals surface area contributed by atoms with Gasteiger partial charge in [0, 0.05) is 12.0 Å². The molecule has 2 radical (unpaired) electrons. The van der Waals surface area contributed by atoms with Crippen LogP contribution in [0.2, 0.25) is 0 Å². The van der Waals surface area contributed by atoms with Crippen molar-refractivity contribution in [3.8, 4) is 0 Å². The van der Waals surface area contributed by atoms with Gasteiger partial charge in [0.2, 0.25) is 0 Å². The van der Waals surface area contributed by atoms with Gasteiger partial charge < -0.3 is 5.21 Å². The van der Waals surface area contributed by atoms with Gasteiger partial charge in [-0.2, -0.15) is 0 Å². The molecule has 0 aromatic rings. The Morgan fingerprint density at radius 3 is 2.33 bits per heavy atom. The van der Waals surface area contributed by atoms with E-state index in [1.54, 1.807) is 6.08 Å². The van der Waals surface area contributed by atoms with Gasteiger partial charge in [0.25, 0.3) is 0 Å². The predicted molar refractivity (Wildman–Crippen MR) is 20.7 cm³/mol. The molecule has 0 fully saturated rings. The lowest BCUT2D eigenvalue weighted by Gasteiger charge is -1.78. The van der Waals surface area contributed by atoms with Crippen LogP contribution < -0.4 is 5.48 Å². The Bertz CT molecular complexity index is 30.0. The summed E-state index contributed by atoms with van der Waals surface area (Å²) in [5, 5.41) is 7.74. The Kier molecular flexibility index (Phi) is 13.5. The minimum atomic E-state index is 0. The van der Waals surface area contributed by atoms with E-state index < -0.39 is 0 Å². The fraction of sp³-hybridized carbons (Fsp3) is 0.333. The maximum absolute atomic E-state index is 7.74. The fourth-order valence-corrected chi connectivity index (χ4v) is 0.0645. The number of hydroxylamine groups is 1. The van der Waals surface area contributed by atoms with Crippen molar-refractivity contribution in [1.82, 2.24) is 5.48 Å². The molecule has 3 heteroatoms. The highest BCUT2D eigenvalue weighted by Crippen LogP contribution is 1.48. The second kappa shape index (κ2) is 8.82. The van der Waals surface area contributed by atoms with Crippen LogP contribution in [0.1, 0.15) is 0 Å². The van der Waals surface area contributed by atoms with E-state index in [9.17, 15) is 0 Å². The van der Waals surface area contributed by atoms with E-state index in [0.29, 0.717) is 6.54 Å². The first kappa shape index (κ1) is 9.15. The first-order valence-electron chi connectivity index (χ1n) is 1.39. The van der Waals surface area contributed by atoms with E-state index in [0.717, 1.165) is 0 Å². The molecule has 0 aliphatic heterocycles. The number of nitrogens with one attached hydrogen (secondary N) is 1. The van der Waals surface area contributed by atoms with Crippen molar-refractivity contribution in [3.05, 3.63) is 12.7 Å². The van der Waals surface area contributed by atoms with Crippen molar-refractivity contribution in [2.45, 2.75) is 0 Å². The van der Waals surface area contributed by atoms with Crippen molar-refractivity contribution < 1.29 is 10.7 Å². The Labute approximate surface area is 36.6 Å². The summed E-state index contributed by atoms with van der Waals surface area (Å²) >= 11 is 0. The third-order valence-corrected chi connectivity index (χ3v) is 0.236. The lowest BCUT2D eigenvalue weighted by molar-refractivity contribution is 0.180. The average molecular weight is 89.1 g/mol. The zero-order valence-electron chi connectivity index (χ0n) is 3.35. The lowest BCUT2D eigenvalue weighted by Crippen LogP contribution is -2.04. The zero-order valence-corrected chi connectivity index (χ0v) is 3.35. The van der Waals surface area contributed by atoms with Crippen LogP contribution in [0.5, 0.6) is 0 Å². The van der Waals surface area contributed by atoms with Crippen molar-refractivity contribution >= 4 is 0 Å². The van der Waals surface area contributed by atoms with E-state index in [2.05, 4.69) is 6.58 Å². The van der Waals surface area contributed by atoms with Crippen LogP contribution in [0.25, 0.3) is 0 Å². The summed E-state index contributed by atoms with van der Waals surface area (Å²) in [4.78, 5) is 0. The molecule has 0 heterocycles. The molecule has 0 spiro atoms. The van der Waals surface area contributed by atoms with Gasteiger partial charge in [-0.25, -0.2) is 5.48 Å². The molecule has 0 rings (SSSR count). The standard InChI is InChI=1S/C3H7NO.O/c1-2-3-4-5;/h2,4-5H,1,3H2;. The van der Waals surface area contributed by atoms with E-state index in [1.807, 2.05) is 5.48 Å². The molecule has 0 aliphatic rings. The minimum Gasteiger partial charge on any atom is -0.317 e. The van der Waals surface area contributed by atoms with E-state index in [1.165, 1.54) is 0 Å². The summed E-state index contributed by atoms with van der Waals surface area (Å²) in [6.07, 6.45) is 1.57. The van der Waals surface area contributed by atoms with Gasteiger partial charge in [0.15, 0.2) is 0 Å². The Hall–Kier alpha value is -0.380. The summed E-state index contributed by atoms with van der Waals surface area (Å²) < 4.78 is 0. The molecule has 0 aromatic heterocycles. The first-order valence-corrected chi connectivity index (χ1v) is 1.39. The Morgan fingerprint density at radius 2 is 2.33 bits per heavy atom. The molecular formula is C3H7NO2. The predicted octanol–water partition coefficient (Wildman–Crippen LogP) is 0.0324. The molecule has 0 amide bonds. The lowest BCUT2D eigenvalue weighted by atomic mass is 10.7. The molecule has 0 bridgehead atoms. The first-order chi connectivity index (χ1) is 2.41. The smallest absolute Gasteiger partial charge is 0.0385 e. The molecule has 6 heavy (non-hydrogen) atoms. The van der Waals surface area contributed by atoms with Crippen LogP contribution in [0.3, 0.4) is 0 Å². The van der Waals surface area contributed by atoms with Crippen molar-refractivity contribution in [2.75, 3.05) is 6.54 Å². The molecule has 0 unspecified atom stereocenters. The molecule has 0 aliphatic carbocycles. The van der Waals surface area contributed by atoms with Crippen LogP contribution in [0, 0.1) is 0 Å². The van der Waals surface area contributed by atoms with Crippen LogP contribution in [0.4, 0.5) is 0 Å². The van der Waals surface area contributed by atoms with Crippen molar-refractivity contribution in [1.29, 1.82) is 0 Å². The summed E-state index contributed by atoms with van der Waals surface area (Å²) in [6, 6.07) is 0. The molecule has 0 atom stereocenters. The molecule has 0 saturated carbocycles. The Balaban J connectivity index is 0. The van der Waals surface area contributed by atoms with Crippen LogP contribution in [-0.2, 0) is 5.48 Å². The highest BCUT2D eigenvalue weighted by atomic mass is 16.5. The van der Waals surface area contributed by atoms with Gasteiger partial charge in [-0.1, -0.05) is 6.08 Å². The third-order valence-electron chi connectivity index (χ3n) is 0.236. The quantitative estimate of drug-likeness (QED) is 0.370. The van der Waals surface area contributed by atoms with E-state index in [-0.39, 0.29) is 5.48 Å². The second-order valence-corrected chi connectivity index (χ2v) is 0.651. The van der Waals surface area contributed by atoms with E-state index >= 15 is 0 Å². The summed E-state index contributed by atoms with van der Waals surface area (Å²) in [7, 11) is 0. The van der Waals surface area contributed by atoms with E-state index in [4.69, 9.17) is 5.21 Å². The van der Waals surface area contributed by atoms with Gasteiger partial charge in [0.1, 0.15) is 0 Å². The number of hydrogen-bond acceptors (Lipinski definition) is 2. The average Bonchev–Trinajstić information content (AvgIpc) is 1.41. The minimum absolute atomic E-state index is 0. The monoisotopic (exact) mass is 89.0 g/mol. The highest BCUT2D eigenvalue weighted by Gasteiger charge is 1.58. The molecule has 0 aromatic carbocycles. The van der Waals surface area contributed by atoms with Gasteiger partial charge in [-0.15, -0.1) is 6.58 Å². The second-order valence-electron chi connectivity index (χ2n) is 0.651. The van der Waals surface area contributed by atoms with Gasteiger partial charge in [0.05, 0.1) is 0 Å². The molecular weight excluding hydrogens is 82.0 g/mol. The number of hydrogen-bond donors (Lipinski definition) is 2. The molecule has 0 saturated heterocycles. The summed E-state index contributed by atoms with van der Waals surface area (Å²) in [5.74, 6) is 0. The third kappa shape index (κ3) is 9.47. The van der Waals surface area contributed by atoms with Crippen molar-refractivity contribution in [2.24, 2.45) is 0 Å². The van der Waals surface area contributed by atoms with Gasteiger partial charge >= 0.3 is 0 Å². The van der Waals surface area contributed by atoms with Crippen LogP contribution in [0.15, 0.2) is 12.7 Å². The maximum atomic E-state index is 7.74. The Morgan fingerprint density at radius 1 is 1.83 bits per heavy atom. The van der Waals surface area contributed by atoms with Crippen molar-refractivity contribution in [3.63, 3.8) is 0 Å². The molecule has 36 valence electrons. The fourth-order valence-electron chi connectivity index (χ4n) is 0.0645. The van der Waals surface area contributed by atoms with Crippen LogP contribution in [-0.4, -0.2) is 11.8 Å². The molecule has 2 N–H and O–H groups in total. The normalized spacial score (nSPS) is 6.17. The van der Waals surface area contributed by atoms with Gasteiger partial charge in [-0.3, -0.25) is 0 Å². The summed E-state index contributed by atoms with van der Waals surface area (Å²) in [6.45, 7) is 3.79.